The van der Waals surface area contributed by atoms with Crippen LogP contribution in [0.15, 0.2) is 0 Å². The monoisotopic (exact) mass is 246 g/mol. The van der Waals surface area contributed by atoms with E-state index in [1.54, 1.807) is 0 Å². The van der Waals surface area contributed by atoms with Gasteiger partial charge in [0.15, 0.2) is 0 Å². The van der Waals surface area contributed by atoms with Gasteiger partial charge in [0, 0.05) is 5.33 Å². The lowest BCUT2D eigenvalue weighted by molar-refractivity contribution is -0.0935. The first-order valence-corrected chi connectivity index (χ1v) is 6.55. The van der Waals surface area contributed by atoms with Crippen LogP contribution in [-0.4, -0.2) is 11.5 Å². The number of hydrogen-bond acceptors (Lipinski definition) is 0. The van der Waals surface area contributed by atoms with Gasteiger partial charge in [-0.15, -0.1) is 0 Å². The molecule has 0 nitrogen and oxygen atoms in total. The highest BCUT2D eigenvalue weighted by Crippen LogP contribution is 2.61. The van der Waals surface area contributed by atoms with Crippen LogP contribution in [0.5, 0.6) is 0 Å². The summed E-state index contributed by atoms with van der Waals surface area (Å²) in [6, 6.07) is 0. The van der Waals surface area contributed by atoms with Gasteiger partial charge in [0.05, 0.1) is 0 Å². The molecule has 2 unspecified atom stereocenters. The Balaban J connectivity index is 1.92. The van der Waals surface area contributed by atoms with Gasteiger partial charge in [-0.25, -0.2) is 4.39 Å². The second-order valence-electron chi connectivity index (χ2n) is 5.55. The lowest BCUT2D eigenvalue weighted by Crippen LogP contribution is -2.52. The SMILES string of the molecule is FC1C2CC3CC1CC(CBr)(C3)C2. The molecule has 0 aromatic carbocycles. The van der Waals surface area contributed by atoms with E-state index in [0.29, 0.717) is 17.3 Å². The van der Waals surface area contributed by atoms with Crippen molar-refractivity contribution in [2.45, 2.75) is 38.3 Å². The minimum absolute atomic E-state index is 0.420. The van der Waals surface area contributed by atoms with Crippen molar-refractivity contribution in [1.29, 1.82) is 0 Å². The van der Waals surface area contributed by atoms with Gasteiger partial charge in [0.25, 0.3) is 0 Å². The molecule has 13 heavy (non-hydrogen) atoms. The quantitative estimate of drug-likeness (QED) is 0.621. The first-order chi connectivity index (χ1) is 6.22. The molecular formula is C11H16BrF. The minimum Gasteiger partial charge on any atom is -0.247 e. The van der Waals surface area contributed by atoms with Gasteiger partial charge in [0.1, 0.15) is 6.17 Å². The van der Waals surface area contributed by atoms with Crippen LogP contribution in [-0.2, 0) is 0 Å². The van der Waals surface area contributed by atoms with Gasteiger partial charge in [-0.3, -0.25) is 0 Å². The standard InChI is InChI=1S/C11H16BrF/c12-6-11-3-7-1-8(4-11)10(13)9(2-7)5-11/h7-10H,1-6H2. The van der Waals surface area contributed by atoms with E-state index in [-0.39, 0.29) is 0 Å². The van der Waals surface area contributed by atoms with Gasteiger partial charge in [0.2, 0.25) is 0 Å². The lowest BCUT2D eigenvalue weighted by Gasteiger charge is -2.57. The molecule has 4 fully saturated rings. The highest BCUT2D eigenvalue weighted by atomic mass is 79.9. The Morgan fingerprint density at radius 3 is 2.31 bits per heavy atom. The van der Waals surface area contributed by atoms with Gasteiger partial charge in [-0.05, 0) is 55.3 Å². The molecular weight excluding hydrogens is 231 g/mol. The molecule has 4 aliphatic carbocycles. The first-order valence-electron chi connectivity index (χ1n) is 5.42. The number of alkyl halides is 2. The fourth-order valence-electron chi connectivity index (χ4n) is 4.29. The van der Waals surface area contributed by atoms with Crippen LogP contribution < -0.4 is 0 Å². The molecule has 0 radical (unpaired) electrons. The molecule has 4 saturated carbocycles. The minimum atomic E-state index is -0.455. The Morgan fingerprint density at radius 2 is 1.77 bits per heavy atom. The van der Waals surface area contributed by atoms with E-state index in [0.717, 1.165) is 24.1 Å². The number of hydrogen-bond donors (Lipinski definition) is 0. The highest BCUT2D eigenvalue weighted by molar-refractivity contribution is 9.09. The molecule has 0 saturated heterocycles. The van der Waals surface area contributed by atoms with Crippen molar-refractivity contribution in [3.8, 4) is 0 Å². The smallest absolute Gasteiger partial charge is 0.106 e. The Bertz CT molecular complexity index is 212. The normalized spacial score (nSPS) is 58.6. The zero-order valence-corrected chi connectivity index (χ0v) is 9.39. The largest absolute Gasteiger partial charge is 0.247 e. The van der Waals surface area contributed by atoms with Crippen LogP contribution in [0.2, 0.25) is 0 Å². The zero-order valence-electron chi connectivity index (χ0n) is 7.81. The van der Waals surface area contributed by atoms with Crippen molar-refractivity contribution in [3.63, 3.8) is 0 Å². The van der Waals surface area contributed by atoms with Crippen molar-refractivity contribution in [2.75, 3.05) is 5.33 Å². The summed E-state index contributed by atoms with van der Waals surface area (Å²) in [4.78, 5) is 0. The van der Waals surface area contributed by atoms with E-state index in [1.165, 1.54) is 19.3 Å². The summed E-state index contributed by atoms with van der Waals surface area (Å²) in [7, 11) is 0. The third-order valence-corrected chi connectivity index (χ3v) is 5.76. The molecule has 0 N–H and O–H groups in total. The maximum Gasteiger partial charge on any atom is 0.106 e. The van der Waals surface area contributed by atoms with Crippen LogP contribution in [0.1, 0.15) is 32.1 Å². The van der Waals surface area contributed by atoms with Crippen LogP contribution in [0.25, 0.3) is 0 Å². The first kappa shape index (κ1) is 8.70. The molecule has 74 valence electrons. The van der Waals surface area contributed by atoms with Crippen molar-refractivity contribution in [3.05, 3.63) is 0 Å². The molecule has 0 spiro atoms. The van der Waals surface area contributed by atoms with Gasteiger partial charge in [-0.2, -0.15) is 0 Å². The summed E-state index contributed by atoms with van der Waals surface area (Å²) < 4.78 is 13.8. The molecule has 0 aromatic rings. The molecule has 4 bridgehead atoms. The Morgan fingerprint density at radius 1 is 1.15 bits per heavy atom. The van der Waals surface area contributed by atoms with Crippen LogP contribution in [0, 0.1) is 23.2 Å². The van der Waals surface area contributed by atoms with Gasteiger partial charge < -0.3 is 0 Å². The van der Waals surface area contributed by atoms with E-state index in [1.807, 2.05) is 0 Å². The zero-order chi connectivity index (χ0) is 9.05. The van der Waals surface area contributed by atoms with Crippen molar-refractivity contribution in [1.82, 2.24) is 0 Å². The Hall–Kier alpha value is 0.410. The fraction of sp³-hybridized carbons (Fsp3) is 1.00. The van der Waals surface area contributed by atoms with Gasteiger partial charge >= 0.3 is 0 Å². The number of halogens is 2. The second kappa shape index (κ2) is 2.71. The Labute approximate surface area is 87.4 Å². The number of rotatable bonds is 1. The summed E-state index contributed by atoms with van der Waals surface area (Å²) in [6.07, 6.45) is 5.61. The molecule has 0 aromatic heterocycles. The second-order valence-corrected chi connectivity index (χ2v) is 6.11. The average molecular weight is 247 g/mol. The summed E-state index contributed by atoms with van der Waals surface area (Å²) >= 11 is 3.64. The highest BCUT2D eigenvalue weighted by Gasteiger charge is 2.55. The summed E-state index contributed by atoms with van der Waals surface area (Å²) in [5.74, 6) is 1.70. The molecule has 4 rings (SSSR count). The third-order valence-electron chi connectivity index (χ3n) is 4.57. The molecule has 2 atom stereocenters. The van der Waals surface area contributed by atoms with Crippen LogP contribution in [0.4, 0.5) is 4.39 Å². The Kier molecular flexibility index (Phi) is 1.81. The van der Waals surface area contributed by atoms with Crippen molar-refractivity contribution in [2.24, 2.45) is 23.2 Å². The maximum absolute atomic E-state index is 13.8. The van der Waals surface area contributed by atoms with E-state index in [4.69, 9.17) is 0 Å². The van der Waals surface area contributed by atoms with Crippen LogP contribution in [0.3, 0.4) is 0 Å². The van der Waals surface area contributed by atoms with E-state index >= 15 is 0 Å². The van der Waals surface area contributed by atoms with E-state index < -0.39 is 6.17 Å². The summed E-state index contributed by atoms with van der Waals surface area (Å²) in [5, 5.41) is 1.11. The predicted molar refractivity (Wildman–Crippen MR) is 54.7 cm³/mol. The lowest BCUT2D eigenvalue weighted by atomic mass is 9.49. The van der Waals surface area contributed by atoms with E-state index in [9.17, 15) is 4.39 Å². The fourth-order valence-corrected chi connectivity index (χ4v) is 4.98. The summed E-state index contributed by atoms with van der Waals surface area (Å²) in [6.45, 7) is 0. The molecule has 2 heteroatoms. The predicted octanol–water partition coefficient (Wildman–Crippen LogP) is 3.55. The molecule has 0 aliphatic heterocycles. The summed E-state index contributed by atoms with van der Waals surface area (Å²) in [5.41, 5.74) is 0.499. The topological polar surface area (TPSA) is 0 Å². The molecule has 4 aliphatic rings. The molecule has 0 heterocycles. The average Bonchev–Trinajstić information content (AvgIpc) is 2.13. The van der Waals surface area contributed by atoms with E-state index in [2.05, 4.69) is 15.9 Å². The van der Waals surface area contributed by atoms with Gasteiger partial charge in [-0.1, -0.05) is 15.9 Å². The van der Waals surface area contributed by atoms with Crippen LogP contribution >= 0.6 is 15.9 Å². The van der Waals surface area contributed by atoms with Crippen molar-refractivity contribution < 1.29 is 4.39 Å². The third kappa shape index (κ3) is 1.14. The molecule has 0 amide bonds. The van der Waals surface area contributed by atoms with Crippen molar-refractivity contribution >= 4 is 15.9 Å². The maximum atomic E-state index is 13.8.